The Morgan fingerprint density at radius 1 is 0.732 bits per heavy atom. The van der Waals surface area contributed by atoms with Gasteiger partial charge in [0.1, 0.15) is 5.75 Å². The van der Waals surface area contributed by atoms with Crippen LogP contribution in [-0.2, 0) is 11.8 Å². The van der Waals surface area contributed by atoms with Gasteiger partial charge in [-0.3, -0.25) is 0 Å². The molecule has 0 bridgehead atoms. The third-order valence-corrected chi connectivity index (χ3v) is 8.97. The van der Waals surface area contributed by atoms with Gasteiger partial charge in [-0.15, -0.1) is 0 Å². The molecule has 0 amide bonds. The summed E-state index contributed by atoms with van der Waals surface area (Å²) in [4.78, 5) is 0. The van der Waals surface area contributed by atoms with Gasteiger partial charge in [0.25, 0.3) is 0 Å². The van der Waals surface area contributed by atoms with Gasteiger partial charge < -0.3 is 4.74 Å². The summed E-state index contributed by atoms with van der Waals surface area (Å²) in [6.45, 7) is 5.34. The number of aryl methyl sites for hydroxylation is 1. The number of benzene rings is 4. The van der Waals surface area contributed by atoms with E-state index >= 15 is 0 Å². The van der Waals surface area contributed by atoms with E-state index < -0.39 is 0 Å². The van der Waals surface area contributed by atoms with Crippen molar-refractivity contribution in [2.24, 2.45) is 5.92 Å². The molecule has 3 atom stereocenters. The van der Waals surface area contributed by atoms with E-state index in [-0.39, 0.29) is 11.3 Å². The predicted octanol–water partition coefficient (Wildman–Crippen LogP) is 9.88. The summed E-state index contributed by atoms with van der Waals surface area (Å²) in [7, 11) is 0. The number of hydrogen-bond donors (Lipinski definition) is 0. The lowest BCUT2D eigenvalue weighted by atomic mass is 9.58. The topological polar surface area (TPSA) is 9.23 Å². The molecular weight excluding hydrogens is 496 g/mol. The van der Waals surface area contributed by atoms with E-state index in [9.17, 15) is 0 Å². The SMILES string of the molecule is Cc1ccccc1C(c1ccccc1)(c1ccccc1Cc1cccc2c1C(C)/C=C\CCCO2)[C@H]1C=CC=CC1. The minimum atomic E-state index is -0.340. The molecule has 0 radical (unpaired) electrons. The lowest BCUT2D eigenvalue weighted by Gasteiger charge is -2.44. The van der Waals surface area contributed by atoms with Crippen molar-refractivity contribution >= 4 is 0 Å². The van der Waals surface area contributed by atoms with Crippen LogP contribution in [0.4, 0.5) is 0 Å². The third-order valence-electron chi connectivity index (χ3n) is 8.97. The Hall–Kier alpha value is -4.10. The van der Waals surface area contributed by atoms with Crippen molar-refractivity contribution in [1.29, 1.82) is 0 Å². The van der Waals surface area contributed by atoms with Crippen LogP contribution < -0.4 is 4.74 Å². The average Bonchev–Trinajstić information content (AvgIpc) is 3.11. The van der Waals surface area contributed by atoms with Crippen LogP contribution in [0, 0.1) is 12.8 Å². The Labute approximate surface area is 245 Å². The second kappa shape index (κ2) is 12.2. The molecule has 1 nitrogen and oxygen atoms in total. The van der Waals surface area contributed by atoms with Gasteiger partial charge in [-0.25, -0.2) is 0 Å². The van der Waals surface area contributed by atoms with Crippen LogP contribution in [-0.4, -0.2) is 6.61 Å². The van der Waals surface area contributed by atoms with Crippen molar-refractivity contribution in [3.05, 3.63) is 172 Å². The third kappa shape index (κ3) is 5.22. The zero-order chi connectivity index (χ0) is 28.1. The fourth-order valence-electron chi connectivity index (χ4n) is 7.12. The van der Waals surface area contributed by atoms with Crippen LogP contribution in [0.25, 0.3) is 0 Å². The standard InChI is InChI=1S/C40H40O/c1-30-17-11-13-25-36(30)40(34-21-7-3-8-22-34,35-23-9-4-10-24-35)37-26-14-12-19-32(37)29-33-20-16-27-38-39(33)31(2)18-6-5-15-28-41-38/h3-4,6-14,16-23,25-27,31,35H,5,15,24,28-29H2,1-2H3/b18-6-/t31?,35-,40?/m0/s1. The number of hydrogen-bond acceptors (Lipinski definition) is 1. The van der Waals surface area contributed by atoms with Crippen molar-refractivity contribution in [2.75, 3.05) is 6.61 Å². The molecule has 0 saturated heterocycles. The minimum Gasteiger partial charge on any atom is -0.493 e. The van der Waals surface area contributed by atoms with Gasteiger partial charge in [0.2, 0.25) is 0 Å². The first-order chi connectivity index (χ1) is 20.2. The van der Waals surface area contributed by atoms with Crippen LogP contribution in [0.1, 0.15) is 71.0 Å². The normalized spacial score (nSPS) is 20.5. The van der Waals surface area contributed by atoms with E-state index in [1.54, 1.807) is 0 Å². The monoisotopic (exact) mass is 536 g/mol. The fraction of sp³-hybridized carbons (Fsp3) is 0.250. The summed E-state index contributed by atoms with van der Waals surface area (Å²) in [5.74, 6) is 1.61. The van der Waals surface area contributed by atoms with Crippen LogP contribution in [0.3, 0.4) is 0 Å². The summed E-state index contributed by atoms with van der Waals surface area (Å²) in [5.41, 5.74) is 9.12. The maximum atomic E-state index is 6.35. The number of rotatable bonds is 6. The van der Waals surface area contributed by atoms with Gasteiger partial charge in [0.05, 0.1) is 12.0 Å². The first-order valence-electron chi connectivity index (χ1n) is 15.1. The lowest BCUT2D eigenvalue weighted by molar-refractivity contribution is 0.309. The molecular formula is C40H40O. The molecule has 0 aromatic heterocycles. The first kappa shape index (κ1) is 27.1. The molecule has 6 rings (SSSR count). The van der Waals surface area contributed by atoms with E-state index in [0.717, 1.165) is 38.0 Å². The predicted molar refractivity (Wildman–Crippen MR) is 172 cm³/mol. The summed E-state index contributed by atoms with van der Waals surface area (Å²) in [6, 6.07) is 36.0. The summed E-state index contributed by atoms with van der Waals surface area (Å²) in [5, 5.41) is 0. The zero-order valence-corrected chi connectivity index (χ0v) is 24.3. The highest BCUT2D eigenvalue weighted by Gasteiger charge is 2.44. The quantitative estimate of drug-likeness (QED) is 0.176. The summed E-state index contributed by atoms with van der Waals surface area (Å²) < 4.78 is 6.35. The Bertz CT molecular complexity index is 1570. The largest absolute Gasteiger partial charge is 0.493 e. The van der Waals surface area contributed by atoms with E-state index in [4.69, 9.17) is 4.74 Å². The van der Waals surface area contributed by atoms with Gasteiger partial charge >= 0.3 is 0 Å². The maximum Gasteiger partial charge on any atom is 0.123 e. The van der Waals surface area contributed by atoms with Gasteiger partial charge in [-0.2, -0.15) is 0 Å². The van der Waals surface area contributed by atoms with Gasteiger partial charge in [0.15, 0.2) is 0 Å². The number of allylic oxidation sites excluding steroid dienone is 6. The Kier molecular flexibility index (Phi) is 8.05. The molecule has 4 aromatic carbocycles. The van der Waals surface area contributed by atoms with Crippen molar-refractivity contribution in [3.63, 3.8) is 0 Å². The Balaban J connectivity index is 1.59. The molecule has 0 spiro atoms. The highest BCUT2D eigenvalue weighted by Crippen LogP contribution is 2.50. The zero-order valence-electron chi connectivity index (χ0n) is 24.3. The summed E-state index contributed by atoms with van der Waals surface area (Å²) >= 11 is 0. The molecule has 0 N–H and O–H groups in total. The van der Waals surface area contributed by atoms with Crippen LogP contribution in [0.5, 0.6) is 5.75 Å². The van der Waals surface area contributed by atoms with Crippen LogP contribution >= 0.6 is 0 Å². The van der Waals surface area contributed by atoms with Crippen molar-refractivity contribution in [1.82, 2.24) is 0 Å². The molecule has 0 fully saturated rings. The van der Waals surface area contributed by atoms with Gasteiger partial charge in [-0.1, -0.05) is 134 Å². The Morgan fingerprint density at radius 3 is 2.29 bits per heavy atom. The van der Waals surface area contributed by atoms with E-state index in [2.05, 4.69) is 147 Å². The van der Waals surface area contributed by atoms with Crippen molar-refractivity contribution in [3.8, 4) is 5.75 Å². The molecule has 4 aromatic rings. The molecule has 2 unspecified atom stereocenters. The highest BCUT2D eigenvalue weighted by atomic mass is 16.5. The summed E-state index contributed by atoms with van der Waals surface area (Å²) in [6.07, 6.45) is 17.8. The first-order valence-corrected chi connectivity index (χ1v) is 15.1. The molecule has 206 valence electrons. The molecule has 1 heteroatoms. The minimum absolute atomic E-state index is 0.280. The smallest absolute Gasteiger partial charge is 0.123 e. The van der Waals surface area contributed by atoms with Gasteiger partial charge in [0, 0.05) is 11.5 Å². The molecule has 41 heavy (non-hydrogen) atoms. The maximum absolute atomic E-state index is 6.35. The van der Waals surface area contributed by atoms with E-state index in [1.165, 1.54) is 38.9 Å². The fourth-order valence-corrected chi connectivity index (χ4v) is 7.12. The molecule has 1 aliphatic heterocycles. The number of ether oxygens (including phenoxy) is 1. The second-order valence-corrected chi connectivity index (χ2v) is 11.5. The Morgan fingerprint density at radius 2 is 1.49 bits per heavy atom. The molecule has 0 saturated carbocycles. The van der Waals surface area contributed by atoms with Crippen LogP contribution in [0.2, 0.25) is 0 Å². The molecule has 2 aliphatic rings. The second-order valence-electron chi connectivity index (χ2n) is 11.5. The van der Waals surface area contributed by atoms with Crippen LogP contribution in [0.15, 0.2) is 134 Å². The average molecular weight is 537 g/mol. The van der Waals surface area contributed by atoms with E-state index in [0.29, 0.717) is 5.92 Å². The molecule has 1 heterocycles. The molecule has 1 aliphatic carbocycles. The van der Waals surface area contributed by atoms with Crippen molar-refractivity contribution in [2.45, 2.75) is 50.9 Å². The highest BCUT2D eigenvalue weighted by molar-refractivity contribution is 5.59. The van der Waals surface area contributed by atoms with Crippen molar-refractivity contribution < 1.29 is 4.74 Å². The lowest BCUT2D eigenvalue weighted by Crippen LogP contribution is -2.39. The number of fused-ring (bicyclic) bond motifs is 1. The van der Waals surface area contributed by atoms with E-state index in [1.807, 2.05) is 0 Å². The van der Waals surface area contributed by atoms with Gasteiger partial charge in [-0.05, 0) is 78.0 Å².